The molecular formula is C17H29N5. The Bertz CT molecular complexity index is 445. The zero-order valence-electron chi connectivity index (χ0n) is 13.7. The van der Waals surface area contributed by atoms with Gasteiger partial charge in [0.1, 0.15) is 0 Å². The van der Waals surface area contributed by atoms with Crippen LogP contribution >= 0.6 is 0 Å². The molecule has 0 spiro atoms. The van der Waals surface area contributed by atoms with Crippen molar-refractivity contribution in [2.45, 2.75) is 64.0 Å². The summed E-state index contributed by atoms with van der Waals surface area (Å²) < 4.78 is 0. The topological polar surface area (TPSA) is 67.1 Å². The molecule has 1 saturated carbocycles. The van der Waals surface area contributed by atoms with Crippen LogP contribution in [0, 0.1) is 5.92 Å². The SMILES string of the molecule is CCC1CCN(c2ncc(NC3CCC(N)CC3)cn2)CC1. The van der Waals surface area contributed by atoms with E-state index in [-0.39, 0.29) is 0 Å². The van der Waals surface area contributed by atoms with E-state index >= 15 is 0 Å². The Balaban J connectivity index is 1.52. The van der Waals surface area contributed by atoms with Gasteiger partial charge >= 0.3 is 0 Å². The average molecular weight is 303 g/mol. The normalized spacial score (nSPS) is 26.9. The molecule has 1 aliphatic carbocycles. The van der Waals surface area contributed by atoms with Crippen LogP contribution in [0.5, 0.6) is 0 Å². The molecule has 3 N–H and O–H groups in total. The standard InChI is InChI=1S/C17H29N5/c1-2-13-7-9-22(10-8-13)17-19-11-16(12-20-17)21-15-5-3-14(18)4-6-15/h11-15,21H,2-10,18H2,1H3. The molecule has 0 atom stereocenters. The van der Waals surface area contributed by atoms with Crippen LogP contribution in [0.25, 0.3) is 0 Å². The summed E-state index contributed by atoms with van der Waals surface area (Å²) in [7, 11) is 0. The minimum atomic E-state index is 0.391. The number of aromatic nitrogens is 2. The zero-order valence-corrected chi connectivity index (χ0v) is 13.7. The summed E-state index contributed by atoms with van der Waals surface area (Å²) in [5.74, 6) is 1.76. The number of nitrogens with zero attached hydrogens (tertiary/aromatic N) is 3. The van der Waals surface area contributed by atoms with Crippen LogP contribution in [0.4, 0.5) is 11.6 Å². The molecule has 5 nitrogen and oxygen atoms in total. The number of hydrogen-bond acceptors (Lipinski definition) is 5. The van der Waals surface area contributed by atoms with Gasteiger partial charge in [-0.3, -0.25) is 0 Å². The molecule has 1 saturated heterocycles. The first-order valence-electron chi connectivity index (χ1n) is 8.83. The van der Waals surface area contributed by atoms with Gasteiger partial charge in [0.15, 0.2) is 0 Å². The van der Waals surface area contributed by atoms with Crippen LogP contribution < -0.4 is 16.0 Å². The Hall–Kier alpha value is -1.36. The van der Waals surface area contributed by atoms with Crippen LogP contribution in [0.2, 0.25) is 0 Å². The number of anilines is 2. The zero-order chi connectivity index (χ0) is 15.4. The first-order valence-corrected chi connectivity index (χ1v) is 8.83. The first kappa shape index (κ1) is 15.5. The molecule has 122 valence electrons. The Kier molecular flexibility index (Phi) is 5.13. The van der Waals surface area contributed by atoms with Gasteiger partial charge in [-0.25, -0.2) is 9.97 Å². The molecule has 2 heterocycles. The summed E-state index contributed by atoms with van der Waals surface area (Å²) in [6.07, 6.45) is 12.2. The van der Waals surface area contributed by atoms with Crippen LogP contribution in [0.15, 0.2) is 12.4 Å². The molecule has 2 aliphatic rings. The van der Waals surface area contributed by atoms with Gasteiger partial charge in [-0.05, 0) is 44.4 Å². The highest BCUT2D eigenvalue weighted by Crippen LogP contribution is 2.24. The summed E-state index contributed by atoms with van der Waals surface area (Å²) in [6.45, 7) is 4.47. The van der Waals surface area contributed by atoms with Crippen molar-refractivity contribution in [1.29, 1.82) is 0 Å². The second-order valence-electron chi connectivity index (χ2n) is 6.87. The van der Waals surface area contributed by atoms with Crippen LogP contribution in [0.1, 0.15) is 51.9 Å². The van der Waals surface area contributed by atoms with E-state index in [2.05, 4.69) is 27.1 Å². The average Bonchev–Trinajstić information content (AvgIpc) is 2.58. The van der Waals surface area contributed by atoms with E-state index in [9.17, 15) is 0 Å². The van der Waals surface area contributed by atoms with E-state index in [0.717, 1.165) is 56.3 Å². The minimum absolute atomic E-state index is 0.391. The lowest BCUT2D eigenvalue weighted by atomic mass is 9.92. The number of nitrogens with one attached hydrogen (secondary N) is 1. The minimum Gasteiger partial charge on any atom is -0.380 e. The Morgan fingerprint density at radius 1 is 1.09 bits per heavy atom. The van der Waals surface area contributed by atoms with Gasteiger partial charge < -0.3 is 16.0 Å². The predicted molar refractivity (Wildman–Crippen MR) is 91.1 cm³/mol. The van der Waals surface area contributed by atoms with Crippen LogP contribution in [-0.2, 0) is 0 Å². The maximum absolute atomic E-state index is 5.95. The fourth-order valence-corrected chi connectivity index (χ4v) is 3.60. The lowest BCUT2D eigenvalue weighted by molar-refractivity contribution is 0.392. The van der Waals surface area contributed by atoms with Crippen molar-refractivity contribution in [3.63, 3.8) is 0 Å². The van der Waals surface area contributed by atoms with Gasteiger partial charge in [0.2, 0.25) is 5.95 Å². The molecule has 1 aliphatic heterocycles. The maximum Gasteiger partial charge on any atom is 0.225 e. The Morgan fingerprint density at radius 3 is 2.32 bits per heavy atom. The third kappa shape index (κ3) is 3.88. The first-order chi connectivity index (χ1) is 10.7. The largest absolute Gasteiger partial charge is 0.380 e. The van der Waals surface area contributed by atoms with Crippen LogP contribution in [-0.4, -0.2) is 35.1 Å². The molecular weight excluding hydrogens is 274 g/mol. The number of piperidine rings is 1. The third-order valence-electron chi connectivity index (χ3n) is 5.26. The molecule has 0 radical (unpaired) electrons. The summed E-state index contributed by atoms with van der Waals surface area (Å²) >= 11 is 0. The second-order valence-corrected chi connectivity index (χ2v) is 6.87. The fraction of sp³-hybridized carbons (Fsp3) is 0.765. The van der Waals surface area contributed by atoms with Crippen molar-refractivity contribution in [2.24, 2.45) is 11.7 Å². The van der Waals surface area contributed by atoms with Crippen molar-refractivity contribution in [1.82, 2.24) is 9.97 Å². The van der Waals surface area contributed by atoms with E-state index in [1.165, 1.54) is 19.3 Å². The molecule has 0 bridgehead atoms. The predicted octanol–water partition coefficient (Wildman–Crippen LogP) is 2.78. The van der Waals surface area contributed by atoms with Gasteiger partial charge in [0, 0.05) is 25.2 Å². The number of nitrogens with two attached hydrogens (primary N) is 1. The lowest BCUT2D eigenvalue weighted by Gasteiger charge is -2.31. The maximum atomic E-state index is 5.95. The molecule has 0 amide bonds. The van der Waals surface area contributed by atoms with Gasteiger partial charge in [-0.2, -0.15) is 0 Å². The second kappa shape index (κ2) is 7.27. The summed E-state index contributed by atoms with van der Waals surface area (Å²) in [5.41, 5.74) is 6.99. The molecule has 1 aromatic heterocycles. The molecule has 3 rings (SSSR count). The molecule has 0 unspecified atom stereocenters. The Morgan fingerprint density at radius 2 is 1.73 bits per heavy atom. The van der Waals surface area contributed by atoms with Gasteiger partial charge in [-0.15, -0.1) is 0 Å². The molecule has 5 heteroatoms. The highest BCUT2D eigenvalue weighted by Gasteiger charge is 2.20. The van der Waals surface area contributed by atoms with E-state index in [1.54, 1.807) is 0 Å². The van der Waals surface area contributed by atoms with Gasteiger partial charge in [0.25, 0.3) is 0 Å². The van der Waals surface area contributed by atoms with E-state index < -0.39 is 0 Å². The fourth-order valence-electron chi connectivity index (χ4n) is 3.60. The van der Waals surface area contributed by atoms with Crippen molar-refractivity contribution >= 4 is 11.6 Å². The highest BCUT2D eigenvalue weighted by molar-refractivity contribution is 5.43. The molecule has 1 aromatic rings. The van der Waals surface area contributed by atoms with Crippen molar-refractivity contribution in [3.05, 3.63) is 12.4 Å². The smallest absolute Gasteiger partial charge is 0.225 e. The quantitative estimate of drug-likeness (QED) is 0.895. The van der Waals surface area contributed by atoms with E-state index in [0.29, 0.717) is 12.1 Å². The summed E-state index contributed by atoms with van der Waals surface area (Å²) in [5, 5.41) is 3.55. The molecule has 0 aromatic carbocycles. The monoisotopic (exact) mass is 303 g/mol. The molecule has 2 fully saturated rings. The van der Waals surface area contributed by atoms with Gasteiger partial charge in [0.05, 0.1) is 18.1 Å². The third-order valence-corrected chi connectivity index (χ3v) is 5.26. The lowest BCUT2D eigenvalue weighted by Crippen LogP contribution is -2.35. The van der Waals surface area contributed by atoms with Crippen molar-refractivity contribution < 1.29 is 0 Å². The number of hydrogen-bond donors (Lipinski definition) is 2. The van der Waals surface area contributed by atoms with Crippen molar-refractivity contribution in [3.8, 4) is 0 Å². The number of rotatable bonds is 4. The molecule has 22 heavy (non-hydrogen) atoms. The van der Waals surface area contributed by atoms with Crippen molar-refractivity contribution in [2.75, 3.05) is 23.3 Å². The van der Waals surface area contributed by atoms with Gasteiger partial charge in [-0.1, -0.05) is 13.3 Å². The van der Waals surface area contributed by atoms with Crippen LogP contribution in [0.3, 0.4) is 0 Å². The Labute approximate surface area is 133 Å². The summed E-state index contributed by atoms with van der Waals surface area (Å²) in [6, 6.07) is 0.914. The van der Waals surface area contributed by atoms with E-state index in [1.807, 2.05) is 12.4 Å². The highest BCUT2D eigenvalue weighted by atomic mass is 15.3. The summed E-state index contributed by atoms with van der Waals surface area (Å²) in [4.78, 5) is 11.4. The van der Waals surface area contributed by atoms with E-state index in [4.69, 9.17) is 5.73 Å².